The first kappa shape index (κ1) is 32.4. The molecule has 0 radical (unpaired) electrons. The summed E-state index contributed by atoms with van der Waals surface area (Å²) < 4.78 is 0. The lowest BCUT2D eigenvalue weighted by Crippen LogP contribution is -2.11. The summed E-state index contributed by atoms with van der Waals surface area (Å²) >= 11 is 0. The smallest absolute Gasteiger partial charge is 0.0540 e. The Morgan fingerprint density at radius 3 is 1.58 bits per heavy atom. The average molecular weight is 700 g/mol. The first-order valence-electron chi connectivity index (χ1n) is 18.9. The molecule has 0 heterocycles. The normalized spacial score (nSPS) is 11.3. The molecule has 0 aliphatic carbocycles. The van der Waals surface area contributed by atoms with E-state index in [1.807, 2.05) is 0 Å². The fraction of sp³-hybridized carbons (Fsp3) is 0. The first-order chi connectivity index (χ1) is 27.3. The van der Waals surface area contributed by atoms with Crippen LogP contribution in [0.25, 0.3) is 76.8 Å². The Morgan fingerprint density at radius 2 is 0.800 bits per heavy atom. The van der Waals surface area contributed by atoms with Crippen molar-refractivity contribution in [2.75, 3.05) is 4.90 Å². The first-order valence-corrected chi connectivity index (χ1v) is 18.9. The number of benzene rings is 10. The lowest BCUT2D eigenvalue weighted by molar-refractivity contribution is 1.28. The van der Waals surface area contributed by atoms with Gasteiger partial charge in [0.2, 0.25) is 0 Å². The Labute approximate surface area is 322 Å². The van der Waals surface area contributed by atoms with Crippen molar-refractivity contribution in [2.24, 2.45) is 0 Å². The lowest BCUT2D eigenvalue weighted by atomic mass is 9.92. The molecular weight excluding hydrogens is 663 g/mol. The molecule has 0 N–H and O–H groups in total. The summed E-state index contributed by atoms with van der Waals surface area (Å²) in [5, 5.41) is 7.53. The second-order valence-corrected chi connectivity index (χ2v) is 14.1. The minimum atomic E-state index is 1.09. The van der Waals surface area contributed by atoms with E-state index in [-0.39, 0.29) is 0 Å². The molecule has 10 aromatic rings. The third-order valence-electron chi connectivity index (χ3n) is 10.8. The molecule has 0 fully saturated rings. The van der Waals surface area contributed by atoms with Crippen LogP contribution in [0.5, 0.6) is 0 Å². The van der Waals surface area contributed by atoms with Gasteiger partial charge in [0, 0.05) is 16.9 Å². The van der Waals surface area contributed by atoms with Gasteiger partial charge >= 0.3 is 0 Å². The quantitative estimate of drug-likeness (QED) is 0.150. The fourth-order valence-electron chi connectivity index (χ4n) is 8.09. The zero-order valence-corrected chi connectivity index (χ0v) is 30.3. The Bertz CT molecular complexity index is 2960. The van der Waals surface area contributed by atoms with Crippen molar-refractivity contribution in [3.63, 3.8) is 0 Å². The minimum absolute atomic E-state index is 1.09. The van der Waals surface area contributed by atoms with Gasteiger partial charge < -0.3 is 4.90 Å². The van der Waals surface area contributed by atoms with Gasteiger partial charge in [0.25, 0.3) is 0 Å². The zero-order chi connectivity index (χ0) is 36.6. The average Bonchev–Trinajstić information content (AvgIpc) is 3.27. The van der Waals surface area contributed by atoms with Gasteiger partial charge in [-0.05, 0) is 120 Å². The van der Waals surface area contributed by atoms with Crippen LogP contribution in [0.1, 0.15) is 0 Å². The number of nitrogens with zero attached hydrogens (tertiary/aromatic N) is 1. The van der Waals surface area contributed by atoms with Crippen LogP contribution in [-0.2, 0) is 0 Å². The van der Waals surface area contributed by atoms with E-state index in [2.05, 4.69) is 229 Å². The van der Waals surface area contributed by atoms with Gasteiger partial charge in [-0.15, -0.1) is 0 Å². The molecule has 1 nitrogen and oxygen atoms in total. The van der Waals surface area contributed by atoms with Crippen molar-refractivity contribution in [1.82, 2.24) is 0 Å². The molecule has 0 atom stereocenters. The summed E-state index contributed by atoms with van der Waals surface area (Å²) in [5.41, 5.74) is 12.8. The molecule has 0 bridgehead atoms. The minimum Gasteiger partial charge on any atom is -0.310 e. The van der Waals surface area contributed by atoms with Crippen LogP contribution in [-0.4, -0.2) is 0 Å². The van der Waals surface area contributed by atoms with E-state index in [0.29, 0.717) is 0 Å². The highest BCUT2D eigenvalue weighted by atomic mass is 15.1. The van der Waals surface area contributed by atoms with Crippen LogP contribution in [0.4, 0.5) is 17.1 Å². The lowest BCUT2D eigenvalue weighted by Gasteiger charge is -2.29. The van der Waals surface area contributed by atoms with Crippen molar-refractivity contribution in [3.05, 3.63) is 224 Å². The molecule has 258 valence electrons. The van der Waals surface area contributed by atoms with Gasteiger partial charge in [-0.2, -0.15) is 0 Å². The Balaban J connectivity index is 1.17. The maximum absolute atomic E-state index is 2.42. The highest BCUT2D eigenvalue weighted by Crippen LogP contribution is 2.45. The van der Waals surface area contributed by atoms with E-state index in [0.717, 1.165) is 17.1 Å². The summed E-state index contributed by atoms with van der Waals surface area (Å²) in [6, 6.07) is 81.5. The van der Waals surface area contributed by atoms with Crippen LogP contribution < -0.4 is 4.90 Å². The SMILES string of the molecule is c1ccc(-c2ccc(N(c3ccc(-c4ccc5ccccc5c4)cc3)c3cccc(-c4cc5ccccc5c5ccccc45)c3)c(-c3ccccc3)c2)cc1. The van der Waals surface area contributed by atoms with E-state index in [4.69, 9.17) is 0 Å². The second-order valence-electron chi connectivity index (χ2n) is 14.1. The summed E-state index contributed by atoms with van der Waals surface area (Å²) in [7, 11) is 0. The zero-order valence-electron chi connectivity index (χ0n) is 30.3. The van der Waals surface area contributed by atoms with E-state index in [1.54, 1.807) is 0 Å². The number of anilines is 3. The number of hydrogen-bond donors (Lipinski definition) is 0. The molecule has 0 spiro atoms. The van der Waals surface area contributed by atoms with Gasteiger partial charge in [-0.3, -0.25) is 0 Å². The standard InChI is InChI=1S/C54H37N/c1-3-14-38(15-4-1)44-30-33-54(53(36-44)41-17-5-2-6-18-41)55(47-31-28-40(29-32-47)43-27-26-39-16-7-8-19-42(39)34-43)48-22-13-21-45(35-48)52-37-46-20-9-10-23-49(46)50-24-11-12-25-51(50)52/h1-37H. The van der Waals surface area contributed by atoms with Gasteiger partial charge in [0.1, 0.15) is 0 Å². The van der Waals surface area contributed by atoms with Crippen LogP contribution in [0.15, 0.2) is 224 Å². The second kappa shape index (κ2) is 14.0. The number of rotatable bonds is 7. The molecule has 10 aromatic carbocycles. The van der Waals surface area contributed by atoms with E-state index < -0.39 is 0 Å². The highest BCUT2D eigenvalue weighted by Gasteiger charge is 2.20. The van der Waals surface area contributed by atoms with Crippen molar-refractivity contribution in [1.29, 1.82) is 0 Å². The van der Waals surface area contributed by atoms with Gasteiger partial charge in [0.15, 0.2) is 0 Å². The Hall–Kier alpha value is -7.22. The van der Waals surface area contributed by atoms with Gasteiger partial charge in [-0.25, -0.2) is 0 Å². The van der Waals surface area contributed by atoms with Gasteiger partial charge in [-0.1, -0.05) is 176 Å². The molecule has 0 aliphatic rings. The summed E-state index contributed by atoms with van der Waals surface area (Å²) in [5.74, 6) is 0. The summed E-state index contributed by atoms with van der Waals surface area (Å²) in [6.45, 7) is 0. The number of fused-ring (bicyclic) bond motifs is 4. The Kier molecular flexibility index (Phi) is 8.24. The van der Waals surface area contributed by atoms with Crippen molar-refractivity contribution in [3.8, 4) is 44.5 Å². The Morgan fingerprint density at radius 1 is 0.236 bits per heavy atom. The van der Waals surface area contributed by atoms with Crippen LogP contribution in [0.2, 0.25) is 0 Å². The third kappa shape index (κ3) is 6.12. The monoisotopic (exact) mass is 699 g/mol. The molecule has 0 aliphatic heterocycles. The summed E-state index contributed by atoms with van der Waals surface area (Å²) in [4.78, 5) is 2.42. The van der Waals surface area contributed by atoms with Gasteiger partial charge in [0.05, 0.1) is 5.69 Å². The molecule has 1 heteroatoms. The maximum atomic E-state index is 2.42. The van der Waals surface area contributed by atoms with Crippen molar-refractivity contribution in [2.45, 2.75) is 0 Å². The third-order valence-corrected chi connectivity index (χ3v) is 10.8. The van der Waals surface area contributed by atoms with E-state index in [1.165, 1.54) is 76.8 Å². The molecule has 55 heavy (non-hydrogen) atoms. The van der Waals surface area contributed by atoms with Crippen molar-refractivity contribution < 1.29 is 0 Å². The molecular formula is C54H37N. The molecule has 10 rings (SSSR count). The summed E-state index contributed by atoms with van der Waals surface area (Å²) in [6.07, 6.45) is 0. The predicted octanol–water partition coefficient (Wildman–Crippen LogP) is 15.3. The molecule has 0 unspecified atom stereocenters. The largest absolute Gasteiger partial charge is 0.310 e. The molecule has 0 saturated heterocycles. The van der Waals surface area contributed by atoms with Crippen LogP contribution in [0, 0.1) is 0 Å². The predicted molar refractivity (Wildman–Crippen MR) is 235 cm³/mol. The topological polar surface area (TPSA) is 3.24 Å². The van der Waals surface area contributed by atoms with Crippen LogP contribution >= 0.6 is 0 Å². The highest BCUT2D eigenvalue weighted by molar-refractivity contribution is 6.14. The van der Waals surface area contributed by atoms with Crippen LogP contribution in [0.3, 0.4) is 0 Å². The molecule has 0 aromatic heterocycles. The fourth-order valence-corrected chi connectivity index (χ4v) is 8.09. The molecule has 0 saturated carbocycles. The number of hydrogen-bond acceptors (Lipinski definition) is 1. The molecule has 0 amide bonds. The van der Waals surface area contributed by atoms with E-state index >= 15 is 0 Å². The maximum Gasteiger partial charge on any atom is 0.0540 e. The van der Waals surface area contributed by atoms with Crippen molar-refractivity contribution >= 4 is 49.4 Å². The van der Waals surface area contributed by atoms with E-state index in [9.17, 15) is 0 Å².